The van der Waals surface area contributed by atoms with E-state index in [4.69, 9.17) is 17.0 Å². The number of benzene rings is 1. The number of rotatable bonds is 6. The SMILES string of the molecule is C=CCN1C(=O)/C(=C\c2cc([N+](=O)[O-])cc(OCC)c2O)SC1=S. The van der Waals surface area contributed by atoms with E-state index in [0.29, 0.717) is 4.32 Å². The Labute approximate surface area is 147 Å². The number of nitrogens with zero attached hydrogens (tertiary/aromatic N) is 2. The van der Waals surface area contributed by atoms with Crippen LogP contribution in [0.4, 0.5) is 5.69 Å². The van der Waals surface area contributed by atoms with E-state index in [1.165, 1.54) is 17.0 Å². The van der Waals surface area contributed by atoms with Crippen LogP contribution in [0.1, 0.15) is 12.5 Å². The van der Waals surface area contributed by atoms with Crippen LogP contribution in [0.15, 0.2) is 29.7 Å². The van der Waals surface area contributed by atoms with Gasteiger partial charge in [-0.2, -0.15) is 0 Å². The van der Waals surface area contributed by atoms with E-state index in [9.17, 15) is 20.0 Å². The fraction of sp³-hybridized carbons (Fsp3) is 0.200. The topological polar surface area (TPSA) is 92.9 Å². The molecule has 24 heavy (non-hydrogen) atoms. The maximum Gasteiger partial charge on any atom is 0.274 e. The molecule has 1 saturated heterocycles. The number of nitro groups is 1. The van der Waals surface area contributed by atoms with Crippen molar-refractivity contribution in [1.82, 2.24) is 4.90 Å². The van der Waals surface area contributed by atoms with Crippen molar-refractivity contribution in [2.75, 3.05) is 13.2 Å². The van der Waals surface area contributed by atoms with Gasteiger partial charge in [0.25, 0.3) is 11.6 Å². The van der Waals surface area contributed by atoms with Crippen LogP contribution in [0.3, 0.4) is 0 Å². The molecule has 0 radical (unpaired) electrons. The molecule has 1 heterocycles. The van der Waals surface area contributed by atoms with Crippen molar-refractivity contribution in [3.05, 3.63) is 45.4 Å². The van der Waals surface area contributed by atoms with Crippen LogP contribution in [0.25, 0.3) is 6.08 Å². The highest BCUT2D eigenvalue weighted by atomic mass is 32.2. The first-order chi connectivity index (χ1) is 11.4. The molecule has 126 valence electrons. The molecule has 1 aromatic rings. The van der Waals surface area contributed by atoms with Crippen molar-refractivity contribution in [3.8, 4) is 11.5 Å². The van der Waals surface area contributed by atoms with Gasteiger partial charge in [-0.1, -0.05) is 30.1 Å². The molecule has 0 bridgehead atoms. The standard InChI is InChI=1S/C15H14N2O5S2/c1-3-5-16-14(19)12(24-15(16)23)7-9-6-10(17(20)21)8-11(13(9)18)22-4-2/h3,6-8,18H,1,4-5H2,2H3/b12-7+. The second-order valence-corrected chi connectivity index (χ2v) is 6.33. The molecule has 1 fully saturated rings. The smallest absolute Gasteiger partial charge is 0.274 e. The van der Waals surface area contributed by atoms with Crippen molar-refractivity contribution in [3.63, 3.8) is 0 Å². The fourth-order valence-electron chi connectivity index (χ4n) is 2.02. The number of hydrogen-bond donors (Lipinski definition) is 1. The van der Waals surface area contributed by atoms with Crippen LogP contribution >= 0.6 is 24.0 Å². The van der Waals surface area contributed by atoms with E-state index in [-0.39, 0.29) is 46.7 Å². The van der Waals surface area contributed by atoms with Gasteiger partial charge in [-0.25, -0.2) is 0 Å². The number of non-ortho nitro benzene ring substituents is 1. The van der Waals surface area contributed by atoms with E-state index in [1.807, 2.05) is 0 Å². The predicted molar refractivity (Wildman–Crippen MR) is 96.0 cm³/mol. The molecule has 1 amide bonds. The van der Waals surface area contributed by atoms with E-state index in [1.54, 1.807) is 13.0 Å². The summed E-state index contributed by atoms with van der Waals surface area (Å²) in [4.78, 5) is 24.4. The molecule has 1 aliphatic heterocycles. The van der Waals surface area contributed by atoms with Gasteiger partial charge in [-0.3, -0.25) is 19.8 Å². The molecule has 1 N–H and O–H groups in total. The lowest BCUT2D eigenvalue weighted by Crippen LogP contribution is -2.27. The lowest BCUT2D eigenvalue weighted by molar-refractivity contribution is -0.385. The highest BCUT2D eigenvalue weighted by molar-refractivity contribution is 8.26. The van der Waals surface area contributed by atoms with Crippen LogP contribution in [-0.2, 0) is 4.79 Å². The number of phenolic OH excluding ortho intramolecular Hbond substituents is 1. The fourth-order valence-corrected chi connectivity index (χ4v) is 3.29. The number of amides is 1. The maximum atomic E-state index is 12.3. The third-order valence-corrected chi connectivity index (χ3v) is 4.45. The van der Waals surface area contributed by atoms with Gasteiger partial charge in [0, 0.05) is 18.2 Å². The van der Waals surface area contributed by atoms with Crippen molar-refractivity contribution in [1.29, 1.82) is 0 Å². The Bertz CT molecular complexity index is 760. The second kappa shape index (κ2) is 7.45. The molecule has 0 saturated carbocycles. The first-order valence-electron chi connectivity index (χ1n) is 6.89. The summed E-state index contributed by atoms with van der Waals surface area (Å²) >= 11 is 6.19. The van der Waals surface area contributed by atoms with Gasteiger partial charge in [0.15, 0.2) is 11.5 Å². The van der Waals surface area contributed by atoms with Crippen LogP contribution in [0.2, 0.25) is 0 Å². The highest BCUT2D eigenvalue weighted by Crippen LogP contribution is 2.39. The van der Waals surface area contributed by atoms with Crippen LogP contribution < -0.4 is 4.74 Å². The molecule has 0 spiro atoms. The first kappa shape index (κ1) is 18.0. The largest absolute Gasteiger partial charge is 0.504 e. The predicted octanol–water partition coefficient (Wildman–Crippen LogP) is 3.09. The molecule has 0 aliphatic carbocycles. The zero-order valence-electron chi connectivity index (χ0n) is 12.7. The van der Waals surface area contributed by atoms with Crippen LogP contribution in [-0.4, -0.2) is 38.3 Å². The summed E-state index contributed by atoms with van der Waals surface area (Å²) in [5.41, 5.74) is -0.129. The number of thiocarbonyl (C=S) groups is 1. The molecule has 1 aliphatic rings. The van der Waals surface area contributed by atoms with E-state index in [2.05, 4.69) is 6.58 Å². The molecule has 0 unspecified atom stereocenters. The van der Waals surface area contributed by atoms with Crippen LogP contribution in [0, 0.1) is 10.1 Å². The maximum absolute atomic E-state index is 12.3. The normalized spacial score (nSPS) is 15.9. The second-order valence-electron chi connectivity index (χ2n) is 4.65. The summed E-state index contributed by atoms with van der Waals surface area (Å²) < 4.78 is 5.58. The number of ether oxygens (including phenoxy) is 1. The number of carbonyl (C=O) groups excluding carboxylic acids is 1. The van der Waals surface area contributed by atoms with E-state index < -0.39 is 4.92 Å². The monoisotopic (exact) mass is 366 g/mol. The Morgan fingerprint density at radius 3 is 2.83 bits per heavy atom. The molecular formula is C15H14N2O5S2. The lowest BCUT2D eigenvalue weighted by Gasteiger charge is -2.10. The Morgan fingerprint density at radius 2 is 2.25 bits per heavy atom. The van der Waals surface area contributed by atoms with E-state index >= 15 is 0 Å². The summed E-state index contributed by atoms with van der Waals surface area (Å²) in [7, 11) is 0. The molecule has 0 aromatic heterocycles. The zero-order valence-corrected chi connectivity index (χ0v) is 14.4. The van der Waals surface area contributed by atoms with Crippen molar-refractivity contribution >= 4 is 46.0 Å². The molecule has 9 heteroatoms. The average molecular weight is 366 g/mol. The summed E-state index contributed by atoms with van der Waals surface area (Å²) in [6, 6.07) is 2.32. The van der Waals surface area contributed by atoms with Gasteiger partial charge in [0.05, 0.1) is 22.5 Å². The Balaban J connectivity index is 2.48. The summed E-state index contributed by atoms with van der Waals surface area (Å²) in [5.74, 6) is -0.621. The van der Waals surface area contributed by atoms with Gasteiger partial charge in [0.1, 0.15) is 4.32 Å². The van der Waals surface area contributed by atoms with Gasteiger partial charge in [0.2, 0.25) is 0 Å². The summed E-state index contributed by atoms with van der Waals surface area (Å²) in [6.45, 7) is 5.76. The van der Waals surface area contributed by atoms with Gasteiger partial charge >= 0.3 is 0 Å². The van der Waals surface area contributed by atoms with Crippen molar-refractivity contribution in [2.45, 2.75) is 6.92 Å². The number of hydrogen-bond acceptors (Lipinski definition) is 7. The zero-order chi connectivity index (χ0) is 17.9. The number of aromatic hydroxyl groups is 1. The average Bonchev–Trinajstić information content (AvgIpc) is 2.79. The number of phenols is 1. The molecule has 1 aromatic carbocycles. The summed E-state index contributed by atoms with van der Waals surface area (Å²) in [5, 5.41) is 21.3. The lowest BCUT2D eigenvalue weighted by atomic mass is 10.1. The van der Waals surface area contributed by atoms with Gasteiger partial charge in [-0.05, 0) is 13.0 Å². The summed E-state index contributed by atoms with van der Waals surface area (Å²) in [6.07, 6.45) is 2.92. The van der Waals surface area contributed by atoms with Gasteiger partial charge in [-0.15, -0.1) is 6.58 Å². The minimum atomic E-state index is -0.595. The number of thioether (sulfide) groups is 1. The highest BCUT2D eigenvalue weighted by Gasteiger charge is 2.31. The minimum Gasteiger partial charge on any atom is -0.504 e. The van der Waals surface area contributed by atoms with Gasteiger partial charge < -0.3 is 9.84 Å². The first-order valence-corrected chi connectivity index (χ1v) is 8.12. The van der Waals surface area contributed by atoms with Crippen molar-refractivity contribution in [2.24, 2.45) is 0 Å². The number of nitro benzene ring substituents is 1. The Hall–Kier alpha value is -2.39. The Kier molecular flexibility index (Phi) is 5.58. The third kappa shape index (κ3) is 3.57. The molecular weight excluding hydrogens is 352 g/mol. The number of carbonyl (C=O) groups is 1. The molecule has 7 nitrogen and oxygen atoms in total. The van der Waals surface area contributed by atoms with Crippen LogP contribution in [0.5, 0.6) is 11.5 Å². The van der Waals surface area contributed by atoms with Crippen molar-refractivity contribution < 1.29 is 19.6 Å². The Morgan fingerprint density at radius 1 is 1.54 bits per heavy atom. The third-order valence-electron chi connectivity index (χ3n) is 3.07. The van der Waals surface area contributed by atoms with E-state index in [0.717, 1.165) is 17.8 Å². The minimum absolute atomic E-state index is 0.0143. The molecule has 2 rings (SSSR count). The molecule has 0 atom stereocenters. The quantitative estimate of drug-likeness (QED) is 0.272.